The van der Waals surface area contributed by atoms with E-state index in [0.717, 1.165) is 80.3 Å². The number of nitrogens with one attached hydrogen (secondary N) is 1. The number of anilines is 2. The van der Waals surface area contributed by atoms with E-state index in [2.05, 4.69) is 21.2 Å². The molecule has 4 atom stereocenters. The summed E-state index contributed by atoms with van der Waals surface area (Å²) in [5.41, 5.74) is 2.95. The number of pyridine rings is 1. The number of carbonyl (C=O) groups is 1. The van der Waals surface area contributed by atoms with Crippen molar-refractivity contribution in [3.05, 3.63) is 42.0 Å². The van der Waals surface area contributed by atoms with Crippen molar-refractivity contribution in [2.45, 2.75) is 50.1 Å². The van der Waals surface area contributed by atoms with Crippen LogP contribution in [-0.4, -0.2) is 78.5 Å². The number of carbonyl (C=O) groups excluding carboxylic acids is 1. The van der Waals surface area contributed by atoms with Crippen LogP contribution in [0.15, 0.2) is 36.4 Å². The third-order valence-corrected chi connectivity index (χ3v) is 7.84. The number of rotatable bonds is 4. The predicted octanol–water partition coefficient (Wildman–Crippen LogP) is 2.79. The molecule has 3 aromatic rings. The highest BCUT2D eigenvalue weighted by Gasteiger charge is 2.37. The summed E-state index contributed by atoms with van der Waals surface area (Å²) in [6, 6.07) is 11.6. The van der Waals surface area contributed by atoms with E-state index in [4.69, 9.17) is 24.4 Å². The van der Waals surface area contributed by atoms with Crippen LogP contribution in [-0.2, 0) is 9.47 Å². The van der Waals surface area contributed by atoms with Gasteiger partial charge >= 0.3 is 0 Å². The standard InChI is InChI=1S/C27H30N6O3/c1-28-26(34)17-4-2-3-16(11-17)23-10-9-22-24(29-23)30-27(33-14-20-7-8-21(15-33)36-20)31-25(22)32-12-18-5-6-19(13-32)35-18/h2-4,9-11,18-21H,5-8,12-15H2,1H3,(H,28,34)/t18-,19?,20?,21?/m0/s1. The second kappa shape index (κ2) is 8.67. The van der Waals surface area contributed by atoms with Crippen molar-refractivity contribution in [1.29, 1.82) is 0 Å². The summed E-state index contributed by atoms with van der Waals surface area (Å²) in [6.07, 6.45) is 5.42. The van der Waals surface area contributed by atoms with Gasteiger partial charge in [0.2, 0.25) is 5.95 Å². The van der Waals surface area contributed by atoms with Crippen LogP contribution < -0.4 is 15.1 Å². The van der Waals surface area contributed by atoms with E-state index in [1.165, 1.54) is 0 Å². The quantitative estimate of drug-likeness (QED) is 0.602. The first-order chi connectivity index (χ1) is 17.6. The van der Waals surface area contributed by atoms with Gasteiger partial charge in [0.05, 0.1) is 35.5 Å². The summed E-state index contributed by atoms with van der Waals surface area (Å²) < 4.78 is 12.2. The number of hydrogen-bond acceptors (Lipinski definition) is 8. The molecular formula is C27H30N6O3. The van der Waals surface area contributed by atoms with Gasteiger partial charge in [-0.25, -0.2) is 4.98 Å². The summed E-state index contributed by atoms with van der Waals surface area (Å²) in [7, 11) is 1.64. The molecule has 0 radical (unpaired) electrons. The van der Waals surface area contributed by atoms with Gasteiger partial charge in [-0.3, -0.25) is 4.79 Å². The molecule has 186 valence electrons. The Labute approximate surface area is 209 Å². The van der Waals surface area contributed by atoms with Gasteiger partial charge in [-0.05, 0) is 49.9 Å². The fourth-order valence-electron chi connectivity index (χ4n) is 6.06. The van der Waals surface area contributed by atoms with Crippen molar-refractivity contribution in [2.75, 3.05) is 43.0 Å². The van der Waals surface area contributed by atoms with Crippen LogP contribution in [0.2, 0.25) is 0 Å². The van der Waals surface area contributed by atoms with E-state index in [1.54, 1.807) is 13.1 Å². The monoisotopic (exact) mass is 486 g/mol. The lowest BCUT2D eigenvalue weighted by Gasteiger charge is -2.35. The number of fused-ring (bicyclic) bond motifs is 5. The van der Waals surface area contributed by atoms with E-state index in [-0.39, 0.29) is 30.3 Å². The number of amides is 1. The maximum atomic E-state index is 12.2. The van der Waals surface area contributed by atoms with Gasteiger partial charge in [0.25, 0.3) is 5.91 Å². The molecule has 4 fully saturated rings. The highest BCUT2D eigenvalue weighted by molar-refractivity contribution is 5.95. The smallest absolute Gasteiger partial charge is 0.251 e. The van der Waals surface area contributed by atoms with Crippen molar-refractivity contribution >= 4 is 28.7 Å². The van der Waals surface area contributed by atoms with Crippen molar-refractivity contribution in [1.82, 2.24) is 20.3 Å². The molecule has 0 aliphatic carbocycles. The van der Waals surface area contributed by atoms with E-state index >= 15 is 0 Å². The summed E-state index contributed by atoms with van der Waals surface area (Å²) in [4.78, 5) is 31.9. The highest BCUT2D eigenvalue weighted by Crippen LogP contribution is 2.35. The zero-order valence-corrected chi connectivity index (χ0v) is 20.4. The lowest BCUT2D eigenvalue weighted by molar-refractivity contribution is 0.0296. The van der Waals surface area contributed by atoms with Gasteiger partial charge in [-0.15, -0.1) is 0 Å². The molecule has 3 unspecified atom stereocenters. The molecule has 1 amide bonds. The summed E-state index contributed by atoms with van der Waals surface area (Å²) in [6.45, 7) is 3.30. The SMILES string of the molecule is CNC(=O)c1cccc(-c2ccc3c(N4CC5CC[C@@H](C4)O5)nc(N4CC5CCC(C4)O5)nc3n2)c1. The Morgan fingerprint density at radius 3 is 2.19 bits per heavy atom. The molecule has 4 aliphatic rings. The molecule has 36 heavy (non-hydrogen) atoms. The summed E-state index contributed by atoms with van der Waals surface area (Å²) in [5.74, 6) is 1.54. The van der Waals surface area contributed by atoms with Crippen LogP contribution in [0.25, 0.3) is 22.3 Å². The third kappa shape index (κ3) is 3.87. The molecule has 4 saturated heterocycles. The Hall–Kier alpha value is -3.30. The molecule has 4 bridgehead atoms. The van der Waals surface area contributed by atoms with Crippen LogP contribution in [0.4, 0.5) is 11.8 Å². The van der Waals surface area contributed by atoms with Gasteiger partial charge < -0.3 is 24.6 Å². The highest BCUT2D eigenvalue weighted by atomic mass is 16.5. The van der Waals surface area contributed by atoms with Crippen LogP contribution >= 0.6 is 0 Å². The average molecular weight is 487 g/mol. The predicted molar refractivity (Wildman–Crippen MR) is 136 cm³/mol. The number of ether oxygens (including phenoxy) is 2. The second-order valence-electron chi connectivity index (χ2n) is 10.3. The second-order valence-corrected chi connectivity index (χ2v) is 10.3. The minimum atomic E-state index is -0.117. The molecule has 0 spiro atoms. The first-order valence-electron chi connectivity index (χ1n) is 12.9. The normalized spacial score (nSPS) is 27.0. The summed E-state index contributed by atoms with van der Waals surface area (Å²) >= 11 is 0. The van der Waals surface area contributed by atoms with Gasteiger partial charge in [-0.1, -0.05) is 12.1 Å². The van der Waals surface area contributed by atoms with Crippen molar-refractivity contribution < 1.29 is 14.3 Å². The Kier molecular flexibility index (Phi) is 5.28. The van der Waals surface area contributed by atoms with E-state index in [1.807, 2.05) is 24.3 Å². The molecule has 6 heterocycles. The van der Waals surface area contributed by atoms with Crippen molar-refractivity contribution in [3.8, 4) is 11.3 Å². The molecule has 0 saturated carbocycles. The molecule has 9 nitrogen and oxygen atoms in total. The van der Waals surface area contributed by atoms with E-state index in [9.17, 15) is 4.79 Å². The van der Waals surface area contributed by atoms with Gasteiger partial charge in [-0.2, -0.15) is 9.97 Å². The molecule has 9 heteroatoms. The fraction of sp³-hybridized carbons (Fsp3) is 0.481. The Balaban J connectivity index is 1.32. The largest absolute Gasteiger partial charge is 0.371 e. The van der Waals surface area contributed by atoms with E-state index < -0.39 is 0 Å². The average Bonchev–Trinajstić information content (AvgIpc) is 3.45. The van der Waals surface area contributed by atoms with E-state index in [0.29, 0.717) is 11.2 Å². The number of hydrogen-bond donors (Lipinski definition) is 1. The Bertz CT molecular complexity index is 1310. The van der Waals surface area contributed by atoms with Crippen LogP contribution in [0, 0.1) is 0 Å². The maximum Gasteiger partial charge on any atom is 0.251 e. The lowest BCUT2D eigenvalue weighted by atomic mass is 10.1. The fourth-order valence-corrected chi connectivity index (χ4v) is 6.06. The first kappa shape index (κ1) is 21.9. The summed E-state index contributed by atoms with van der Waals surface area (Å²) in [5, 5.41) is 3.64. The van der Waals surface area contributed by atoms with Crippen LogP contribution in [0.1, 0.15) is 36.0 Å². The zero-order chi connectivity index (χ0) is 24.2. The number of morpholine rings is 2. The third-order valence-electron chi connectivity index (χ3n) is 7.84. The number of aromatic nitrogens is 3. The molecular weight excluding hydrogens is 456 g/mol. The lowest BCUT2D eigenvalue weighted by Crippen LogP contribution is -2.45. The van der Waals surface area contributed by atoms with Gasteiger partial charge in [0, 0.05) is 44.4 Å². The van der Waals surface area contributed by atoms with Crippen molar-refractivity contribution in [3.63, 3.8) is 0 Å². The number of benzene rings is 1. The molecule has 4 aliphatic heterocycles. The molecule has 7 rings (SSSR count). The molecule has 2 aromatic heterocycles. The minimum absolute atomic E-state index is 0.117. The topological polar surface area (TPSA) is 92.7 Å². The van der Waals surface area contributed by atoms with Crippen LogP contribution in [0.5, 0.6) is 0 Å². The van der Waals surface area contributed by atoms with Crippen molar-refractivity contribution in [2.24, 2.45) is 0 Å². The first-order valence-corrected chi connectivity index (χ1v) is 12.9. The maximum absolute atomic E-state index is 12.2. The molecule has 1 N–H and O–H groups in total. The van der Waals surface area contributed by atoms with Gasteiger partial charge in [0.15, 0.2) is 5.65 Å². The minimum Gasteiger partial charge on any atom is -0.371 e. The Morgan fingerprint density at radius 2 is 1.53 bits per heavy atom. The number of nitrogens with zero attached hydrogens (tertiary/aromatic N) is 5. The zero-order valence-electron chi connectivity index (χ0n) is 20.4. The Morgan fingerprint density at radius 1 is 0.861 bits per heavy atom. The van der Waals surface area contributed by atoms with Gasteiger partial charge in [0.1, 0.15) is 5.82 Å². The van der Waals surface area contributed by atoms with Crippen LogP contribution in [0.3, 0.4) is 0 Å². The molecule has 1 aromatic carbocycles.